The lowest BCUT2D eigenvalue weighted by Gasteiger charge is -2.08. The van der Waals surface area contributed by atoms with Crippen molar-refractivity contribution in [1.82, 2.24) is 5.32 Å². The van der Waals surface area contributed by atoms with E-state index < -0.39 is 0 Å². The van der Waals surface area contributed by atoms with Crippen molar-refractivity contribution in [3.05, 3.63) is 23.1 Å². The zero-order chi connectivity index (χ0) is 9.68. The lowest BCUT2D eigenvalue weighted by Crippen LogP contribution is -2.14. The van der Waals surface area contributed by atoms with Crippen LogP contribution >= 0.6 is 11.6 Å². The Hall–Kier alpha value is -0.910. The number of halogens is 1. The number of hydrogen-bond acceptors (Lipinski definition) is 2. The smallest absolute Gasteiger partial charge is 0.193 e. The van der Waals surface area contributed by atoms with Crippen molar-refractivity contribution in [2.45, 2.75) is 19.4 Å². The van der Waals surface area contributed by atoms with Crippen molar-refractivity contribution in [1.29, 1.82) is 0 Å². The highest BCUT2D eigenvalue weighted by atomic mass is 35.5. The third-order valence-electron chi connectivity index (χ3n) is 1.77. The summed E-state index contributed by atoms with van der Waals surface area (Å²) in [6.45, 7) is 1.82. The van der Waals surface area contributed by atoms with Gasteiger partial charge in [-0.2, -0.15) is 0 Å². The molecule has 0 saturated heterocycles. The third kappa shape index (κ3) is 2.80. The Kier molecular flexibility index (Phi) is 3.88. The molecule has 0 spiro atoms. The van der Waals surface area contributed by atoms with Gasteiger partial charge in [-0.1, -0.05) is 0 Å². The summed E-state index contributed by atoms with van der Waals surface area (Å²) in [5.74, 6) is 6.66. The Labute approximate surface area is 83.3 Å². The molecule has 1 rings (SSSR count). The van der Waals surface area contributed by atoms with Crippen LogP contribution in [0.25, 0.3) is 0 Å². The van der Waals surface area contributed by atoms with Gasteiger partial charge in [0.15, 0.2) is 5.22 Å². The maximum Gasteiger partial charge on any atom is 0.193 e. The van der Waals surface area contributed by atoms with Gasteiger partial charge in [0, 0.05) is 6.42 Å². The number of rotatable bonds is 3. The van der Waals surface area contributed by atoms with Crippen LogP contribution in [0.3, 0.4) is 0 Å². The predicted octanol–water partition coefficient (Wildman–Crippen LogP) is 2.61. The monoisotopic (exact) mass is 197 g/mol. The van der Waals surface area contributed by atoms with Crippen molar-refractivity contribution < 1.29 is 4.42 Å². The Bertz CT molecular complexity index is 321. The third-order valence-corrected chi connectivity index (χ3v) is 1.97. The van der Waals surface area contributed by atoms with E-state index in [0.717, 1.165) is 12.2 Å². The zero-order valence-corrected chi connectivity index (χ0v) is 8.48. The molecule has 2 nitrogen and oxygen atoms in total. The van der Waals surface area contributed by atoms with Crippen LogP contribution in [0.1, 0.15) is 25.1 Å². The van der Waals surface area contributed by atoms with Gasteiger partial charge < -0.3 is 9.73 Å². The van der Waals surface area contributed by atoms with Crippen molar-refractivity contribution in [3.8, 4) is 11.8 Å². The van der Waals surface area contributed by atoms with E-state index in [4.69, 9.17) is 16.0 Å². The lowest BCUT2D eigenvalue weighted by atomic mass is 10.1. The summed E-state index contributed by atoms with van der Waals surface area (Å²) in [4.78, 5) is 0. The second kappa shape index (κ2) is 4.96. The van der Waals surface area contributed by atoms with Crippen molar-refractivity contribution in [2.75, 3.05) is 7.05 Å². The molecule has 1 aromatic rings. The molecule has 0 aromatic carbocycles. The molecule has 1 aromatic heterocycles. The molecule has 0 radical (unpaired) electrons. The molecule has 1 atom stereocenters. The molecule has 3 heteroatoms. The van der Waals surface area contributed by atoms with E-state index in [9.17, 15) is 0 Å². The molecule has 13 heavy (non-hydrogen) atoms. The van der Waals surface area contributed by atoms with Crippen LogP contribution < -0.4 is 5.32 Å². The van der Waals surface area contributed by atoms with Crippen molar-refractivity contribution >= 4 is 11.6 Å². The summed E-state index contributed by atoms with van der Waals surface area (Å²) < 4.78 is 5.27. The minimum absolute atomic E-state index is 0.125. The first-order valence-corrected chi connectivity index (χ1v) is 4.48. The molecular formula is C10H12ClNO. The highest BCUT2D eigenvalue weighted by Crippen LogP contribution is 2.21. The molecule has 0 bridgehead atoms. The van der Waals surface area contributed by atoms with E-state index in [-0.39, 0.29) is 6.04 Å². The maximum atomic E-state index is 5.67. The van der Waals surface area contributed by atoms with E-state index in [2.05, 4.69) is 17.2 Å². The highest BCUT2D eigenvalue weighted by molar-refractivity contribution is 6.28. The fourth-order valence-electron chi connectivity index (χ4n) is 1.06. The van der Waals surface area contributed by atoms with Crippen LogP contribution in [0.15, 0.2) is 16.5 Å². The first-order chi connectivity index (χ1) is 6.27. The fraction of sp³-hybridized carbons (Fsp3) is 0.400. The molecule has 70 valence electrons. The van der Waals surface area contributed by atoms with Crippen LogP contribution in [0.5, 0.6) is 0 Å². The molecular weight excluding hydrogens is 186 g/mol. The predicted molar refractivity (Wildman–Crippen MR) is 53.6 cm³/mol. The Balaban J connectivity index is 2.70. The summed E-state index contributed by atoms with van der Waals surface area (Å²) in [6.07, 6.45) is 0.733. The molecule has 0 saturated carbocycles. The van der Waals surface area contributed by atoms with E-state index in [0.29, 0.717) is 5.22 Å². The Morgan fingerprint density at radius 2 is 2.38 bits per heavy atom. The number of furan rings is 1. The minimum atomic E-state index is 0.125. The van der Waals surface area contributed by atoms with Crippen LogP contribution in [0.4, 0.5) is 0 Å². The van der Waals surface area contributed by atoms with Crippen LogP contribution in [-0.4, -0.2) is 7.05 Å². The Morgan fingerprint density at radius 1 is 1.62 bits per heavy atom. The van der Waals surface area contributed by atoms with Gasteiger partial charge in [-0.3, -0.25) is 0 Å². The number of hydrogen-bond donors (Lipinski definition) is 1. The zero-order valence-electron chi connectivity index (χ0n) is 7.73. The van der Waals surface area contributed by atoms with E-state index in [1.165, 1.54) is 0 Å². The second-order valence-corrected chi connectivity index (χ2v) is 2.99. The van der Waals surface area contributed by atoms with Gasteiger partial charge in [-0.15, -0.1) is 11.8 Å². The standard InChI is InChI=1S/C10H12ClNO/c1-3-4-5-8(12-2)9-6-7-10(11)13-9/h6-8,12H,5H2,1-2H3. The van der Waals surface area contributed by atoms with E-state index in [1.807, 2.05) is 20.0 Å². The lowest BCUT2D eigenvalue weighted by molar-refractivity contribution is 0.437. The van der Waals surface area contributed by atoms with Gasteiger partial charge in [-0.05, 0) is 37.7 Å². The van der Waals surface area contributed by atoms with Gasteiger partial charge in [0.25, 0.3) is 0 Å². The summed E-state index contributed by atoms with van der Waals surface area (Å²) in [6, 6.07) is 3.72. The van der Waals surface area contributed by atoms with Crippen LogP contribution in [-0.2, 0) is 0 Å². The van der Waals surface area contributed by atoms with Gasteiger partial charge in [-0.25, -0.2) is 0 Å². The topological polar surface area (TPSA) is 25.2 Å². The average Bonchev–Trinajstić information content (AvgIpc) is 2.54. The van der Waals surface area contributed by atoms with Crippen LogP contribution in [0.2, 0.25) is 5.22 Å². The summed E-state index contributed by atoms with van der Waals surface area (Å²) in [5.41, 5.74) is 0. The second-order valence-electron chi connectivity index (χ2n) is 2.61. The Morgan fingerprint density at radius 3 is 2.85 bits per heavy atom. The van der Waals surface area contributed by atoms with Crippen LogP contribution in [0, 0.1) is 11.8 Å². The van der Waals surface area contributed by atoms with Gasteiger partial charge in [0.2, 0.25) is 0 Å². The van der Waals surface area contributed by atoms with Gasteiger partial charge in [0.05, 0.1) is 6.04 Å². The fourth-order valence-corrected chi connectivity index (χ4v) is 1.22. The summed E-state index contributed by atoms with van der Waals surface area (Å²) in [5, 5.41) is 3.53. The van der Waals surface area contributed by atoms with Gasteiger partial charge >= 0.3 is 0 Å². The van der Waals surface area contributed by atoms with Crippen molar-refractivity contribution in [3.63, 3.8) is 0 Å². The molecule has 0 amide bonds. The average molecular weight is 198 g/mol. The molecule has 0 aliphatic carbocycles. The first-order valence-electron chi connectivity index (χ1n) is 4.10. The first kappa shape index (κ1) is 10.2. The SMILES string of the molecule is CC#CCC(NC)c1ccc(Cl)o1. The van der Waals surface area contributed by atoms with E-state index in [1.54, 1.807) is 6.07 Å². The summed E-state index contributed by atoms with van der Waals surface area (Å²) >= 11 is 5.67. The highest BCUT2D eigenvalue weighted by Gasteiger charge is 2.11. The minimum Gasteiger partial charge on any atom is -0.448 e. The molecule has 0 aliphatic heterocycles. The maximum absolute atomic E-state index is 5.67. The summed E-state index contributed by atoms with van der Waals surface area (Å²) in [7, 11) is 1.87. The molecule has 1 heterocycles. The molecule has 1 N–H and O–H groups in total. The van der Waals surface area contributed by atoms with Crippen molar-refractivity contribution in [2.24, 2.45) is 0 Å². The van der Waals surface area contributed by atoms with E-state index >= 15 is 0 Å². The normalized spacial score (nSPS) is 11.9. The number of nitrogens with one attached hydrogen (secondary N) is 1. The molecule has 0 fully saturated rings. The largest absolute Gasteiger partial charge is 0.448 e. The molecule has 0 aliphatic rings. The van der Waals surface area contributed by atoms with Gasteiger partial charge in [0.1, 0.15) is 5.76 Å². The quantitative estimate of drug-likeness (QED) is 0.754. The molecule has 1 unspecified atom stereocenters.